The lowest BCUT2D eigenvalue weighted by Crippen LogP contribution is -2.05. The van der Waals surface area contributed by atoms with E-state index in [0.29, 0.717) is 0 Å². The van der Waals surface area contributed by atoms with Crippen LogP contribution >= 0.6 is 7.92 Å². The van der Waals surface area contributed by atoms with Gasteiger partial charge in [0, 0.05) is 11.9 Å². The van der Waals surface area contributed by atoms with Gasteiger partial charge in [-0.2, -0.15) is 5.69 Å². The second-order valence-corrected chi connectivity index (χ2v) is 7.65. The summed E-state index contributed by atoms with van der Waals surface area (Å²) in [5.41, 5.74) is 3.12. The summed E-state index contributed by atoms with van der Waals surface area (Å²) in [6.07, 6.45) is 5.34. The molecule has 0 aliphatic carbocycles. The Morgan fingerprint density at radius 3 is 2.50 bits per heavy atom. The van der Waals surface area contributed by atoms with E-state index in [9.17, 15) is 0 Å². The number of aromatic nitrogens is 2. The van der Waals surface area contributed by atoms with Crippen molar-refractivity contribution < 1.29 is 0 Å². The largest absolute Gasteiger partial charge is 0.659 e. The summed E-state index contributed by atoms with van der Waals surface area (Å²) in [6.45, 7) is 2.26. The van der Waals surface area contributed by atoms with Crippen LogP contribution in [0.15, 0.2) is 66.9 Å². The summed E-state index contributed by atoms with van der Waals surface area (Å²) >= 11 is 0. The van der Waals surface area contributed by atoms with Gasteiger partial charge < -0.3 is 4.98 Å². The van der Waals surface area contributed by atoms with Crippen molar-refractivity contribution in [2.45, 2.75) is 19.5 Å². The first-order valence-corrected chi connectivity index (χ1v) is 9.42. The van der Waals surface area contributed by atoms with E-state index in [1.807, 2.05) is 24.4 Å². The zero-order valence-electron chi connectivity index (χ0n) is 12.8. The fourth-order valence-electron chi connectivity index (χ4n) is 2.55. The first kappa shape index (κ1) is 15.0. The Morgan fingerprint density at radius 2 is 1.77 bits per heavy atom. The SMILES string of the molecule is CCCP(Cc1ccc(-c2ccccn2)[n-]1)c1ccccc1. The van der Waals surface area contributed by atoms with Gasteiger partial charge in [-0.3, -0.25) is 4.98 Å². The van der Waals surface area contributed by atoms with E-state index in [4.69, 9.17) is 4.98 Å². The van der Waals surface area contributed by atoms with E-state index in [0.717, 1.165) is 17.5 Å². The molecule has 0 saturated heterocycles. The smallest absolute Gasteiger partial charge is 0.0483 e. The predicted molar refractivity (Wildman–Crippen MR) is 94.9 cm³/mol. The highest BCUT2D eigenvalue weighted by Crippen LogP contribution is 2.39. The maximum atomic E-state index is 4.78. The third kappa shape index (κ3) is 3.64. The molecule has 1 atom stereocenters. The summed E-state index contributed by atoms with van der Waals surface area (Å²) in [5, 5.41) is 1.47. The second-order valence-electron chi connectivity index (χ2n) is 5.29. The molecule has 2 nitrogen and oxygen atoms in total. The quantitative estimate of drug-likeness (QED) is 0.630. The average Bonchev–Trinajstić information content (AvgIpc) is 3.05. The average molecular weight is 307 g/mol. The molecule has 0 N–H and O–H groups in total. The number of pyridine rings is 1. The molecule has 0 radical (unpaired) electrons. The second kappa shape index (κ2) is 7.38. The number of benzene rings is 1. The molecule has 3 aromatic rings. The van der Waals surface area contributed by atoms with Gasteiger partial charge in [0.05, 0.1) is 0 Å². The maximum absolute atomic E-state index is 4.78. The number of nitrogens with zero attached hydrogens (tertiary/aromatic N) is 2. The topological polar surface area (TPSA) is 27.0 Å². The molecule has 2 heterocycles. The zero-order valence-corrected chi connectivity index (χ0v) is 13.7. The van der Waals surface area contributed by atoms with Crippen molar-refractivity contribution in [3.63, 3.8) is 0 Å². The molecule has 0 bridgehead atoms. The van der Waals surface area contributed by atoms with E-state index >= 15 is 0 Å². The van der Waals surface area contributed by atoms with Crippen molar-refractivity contribution in [1.29, 1.82) is 0 Å². The summed E-state index contributed by atoms with van der Waals surface area (Å²) in [5.74, 6) is 0. The number of hydrogen-bond donors (Lipinski definition) is 0. The molecule has 0 aliphatic heterocycles. The molecule has 0 spiro atoms. The monoisotopic (exact) mass is 307 g/mol. The van der Waals surface area contributed by atoms with Crippen LogP contribution < -0.4 is 10.3 Å². The van der Waals surface area contributed by atoms with Gasteiger partial charge in [0.2, 0.25) is 0 Å². The van der Waals surface area contributed by atoms with Gasteiger partial charge in [0.1, 0.15) is 0 Å². The molecular formula is C19H20N2P-. The number of rotatable bonds is 6. The van der Waals surface area contributed by atoms with Crippen LogP contribution in [-0.2, 0) is 6.16 Å². The minimum Gasteiger partial charge on any atom is -0.659 e. The molecular weight excluding hydrogens is 287 g/mol. The van der Waals surface area contributed by atoms with Crippen molar-refractivity contribution in [2.75, 3.05) is 6.16 Å². The van der Waals surface area contributed by atoms with E-state index < -0.39 is 0 Å². The van der Waals surface area contributed by atoms with Gasteiger partial charge in [-0.05, 0) is 29.8 Å². The van der Waals surface area contributed by atoms with Crippen molar-refractivity contribution in [3.05, 3.63) is 72.6 Å². The maximum Gasteiger partial charge on any atom is 0.0483 e. The molecule has 22 heavy (non-hydrogen) atoms. The van der Waals surface area contributed by atoms with Crippen molar-refractivity contribution in [3.8, 4) is 11.4 Å². The highest BCUT2D eigenvalue weighted by Gasteiger charge is 2.08. The van der Waals surface area contributed by atoms with E-state index in [-0.39, 0.29) is 7.92 Å². The lowest BCUT2D eigenvalue weighted by molar-refractivity contribution is 1.08. The molecule has 1 unspecified atom stereocenters. The minimum atomic E-state index is -0.171. The summed E-state index contributed by atoms with van der Waals surface area (Å²) < 4.78 is 0. The Balaban J connectivity index is 1.78. The van der Waals surface area contributed by atoms with Gasteiger partial charge in [-0.1, -0.05) is 69.8 Å². The van der Waals surface area contributed by atoms with Gasteiger partial charge in [-0.25, -0.2) is 0 Å². The summed E-state index contributed by atoms with van der Waals surface area (Å²) in [7, 11) is -0.171. The molecule has 3 rings (SSSR count). The van der Waals surface area contributed by atoms with E-state index in [2.05, 4.69) is 54.4 Å². The first-order chi connectivity index (χ1) is 10.9. The van der Waals surface area contributed by atoms with E-state index in [1.165, 1.54) is 23.6 Å². The lowest BCUT2D eigenvalue weighted by Gasteiger charge is -2.20. The number of hydrogen-bond acceptors (Lipinski definition) is 1. The molecule has 3 heteroatoms. The Bertz CT molecular complexity index is 692. The third-order valence-electron chi connectivity index (χ3n) is 3.59. The van der Waals surface area contributed by atoms with Gasteiger partial charge >= 0.3 is 0 Å². The van der Waals surface area contributed by atoms with Crippen molar-refractivity contribution in [1.82, 2.24) is 9.97 Å². The van der Waals surface area contributed by atoms with Crippen LogP contribution in [0.2, 0.25) is 0 Å². The van der Waals surface area contributed by atoms with Crippen LogP contribution in [0.1, 0.15) is 19.0 Å². The van der Waals surface area contributed by atoms with Crippen LogP contribution in [0, 0.1) is 0 Å². The third-order valence-corrected chi connectivity index (χ3v) is 6.31. The standard InChI is InChI=1S/C19H20N2P/c1-2-14-22(17-8-4-3-5-9-17)15-16-11-12-19(21-16)18-10-6-7-13-20-18/h3-13H,2,14-15H2,1H3/q-1. The fourth-order valence-corrected chi connectivity index (χ4v) is 4.85. The Labute approximate surface area is 133 Å². The highest BCUT2D eigenvalue weighted by molar-refractivity contribution is 7.64. The minimum absolute atomic E-state index is 0.171. The lowest BCUT2D eigenvalue weighted by atomic mass is 10.3. The Morgan fingerprint density at radius 1 is 0.955 bits per heavy atom. The van der Waals surface area contributed by atoms with Gasteiger partial charge in [0.15, 0.2) is 0 Å². The van der Waals surface area contributed by atoms with Crippen molar-refractivity contribution in [2.24, 2.45) is 0 Å². The van der Waals surface area contributed by atoms with Crippen LogP contribution in [-0.4, -0.2) is 11.1 Å². The van der Waals surface area contributed by atoms with Crippen molar-refractivity contribution >= 4 is 13.2 Å². The zero-order chi connectivity index (χ0) is 15.2. The summed E-state index contributed by atoms with van der Waals surface area (Å²) in [6, 6.07) is 21.1. The normalized spacial score (nSPS) is 12.2. The Kier molecular flexibility index (Phi) is 5.03. The molecule has 0 aliphatic rings. The van der Waals surface area contributed by atoms with Gasteiger partial charge in [-0.15, -0.1) is 5.69 Å². The molecule has 1 aromatic carbocycles. The van der Waals surface area contributed by atoms with Crippen LogP contribution in [0.5, 0.6) is 0 Å². The van der Waals surface area contributed by atoms with E-state index in [1.54, 1.807) is 0 Å². The van der Waals surface area contributed by atoms with Crippen LogP contribution in [0.4, 0.5) is 0 Å². The predicted octanol–water partition coefficient (Wildman–Crippen LogP) is 4.42. The fraction of sp³-hybridized carbons (Fsp3) is 0.211. The summed E-state index contributed by atoms with van der Waals surface area (Å²) in [4.78, 5) is 9.16. The van der Waals surface area contributed by atoms with Crippen LogP contribution in [0.3, 0.4) is 0 Å². The molecule has 0 fully saturated rings. The van der Waals surface area contributed by atoms with Crippen LogP contribution in [0.25, 0.3) is 11.4 Å². The molecule has 112 valence electrons. The highest BCUT2D eigenvalue weighted by atomic mass is 31.1. The van der Waals surface area contributed by atoms with Gasteiger partial charge in [0.25, 0.3) is 0 Å². The Hall–Kier alpha value is -1.92. The molecule has 0 saturated carbocycles. The molecule has 2 aromatic heterocycles. The molecule has 0 amide bonds. The first-order valence-electron chi connectivity index (χ1n) is 7.71.